The minimum atomic E-state index is -3.15. The Morgan fingerprint density at radius 2 is 1.67 bits per heavy atom. The van der Waals surface area contributed by atoms with Crippen molar-refractivity contribution < 1.29 is 13.2 Å². The number of urea groups is 1. The van der Waals surface area contributed by atoms with Crippen LogP contribution in [0.4, 0.5) is 4.79 Å². The Morgan fingerprint density at radius 3 is 2.24 bits per heavy atom. The van der Waals surface area contributed by atoms with Gasteiger partial charge in [0.05, 0.1) is 5.75 Å². The molecule has 21 heavy (non-hydrogen) atoms. The monoisotopic (exact) mass is 317 g/mol. The molecule has 0 unspecified atom stereocenters. The Kier molecular flexibility index (Phi) is 5.87. The Morgan fingerprint density at radius 1 is 1.05 bits per heavy atom. The standard InChI is InChI=1S/C14H27N3O3S/c1-2-21(19,20)16-13-8-10-17(11-9-13)14(18)15-12-6-4-3-5-7-12/h12-13,16H,2-11H2,1H3,(H,15,18). The van der Waals surface area contributed by atoms with Gasteiger partial charge in [-0.2, -0.15) is 0 Å². The molecule has 0 spiro atoms. The maximum atomic E-state index is 12.2. The molecule has 6 nitrogen and oxygen atoms in total. The van der Waals surface area contributed by atoms with Crippen LogP contribution < -0.4 is 10.0 Å². The first-order chi connectivity index (χ1) is 10.00. The van der Waals surface area contributed by atoms with Gasteiger partial charge >= 0.3 is 6.03 Å². The molecule has 7 heteroatoms. The van der Waals surface area contributed by atoms with Gasteiger partial charge in [0.2, 0.25) is 10.0 Å². The zero-order chi connectivity index (χ0) is 15.3. The van der Waals surface area contributed by atoms with Gasteiger partial charge in [-0.15, -0.1) is 0 Å². The van der Waals surface area contributed by atoms with Crippen LogP contribution in [0.1, 0.15) is 51.9 Å². The average Bonchev–Trinajstić information content (AvgIpc) is 2.48. The third kappa shape index (κ3) is 5.14. The summed E-state index contributed by atoms with van der Waals surface area (Å²) in [4.78, 5) is 14.0. The van der Waals surface area contributed by atoms with Gasteiger partial charge in [-0.1, -0.05) is 19.3 Å². The van der Waals surface area contributed by atoms with E-state index in [-0.39, 0.29) is 17.8 Å². The van der Waals surface area contributed by atoms with Crippen molar-refractivity contribution in [3.8, 4) is 0 Å². The second kappa shape index (κ2) is 7.45. The van der Waals surface area contributed by atoms with Crippen LogP contribution in [-0.2, 0) is 10.0 Å². The molecular weight excluding hydrogens is 290 g/mol. The van der Waals surface area contributed by atoms with Crippen LogP contribution in [0.2, 0.25) is 0 Å². The highest BCUT2D eigenvalue weighted by molar-refractivity contribution is 7.89. The lowest BCUT2D eigenvalue weighted by atomic mass is 9.95. The largest absolute Gasteiger partial charge is 0.335 e. The molecule has 1 aliphatic heterocycles. The molecule has 1 saturated carbocycles. The Hall–Kier alpha value is -0.820. The maximum Gasteiger partial charge on any atom is 0.317 e. The van der Waals surface area contributed by atoms with E-state index >= 15 is 0 Å². The predicted octanol–water partition coefficient (Wildman–Crippen LogP) is 1.43. The fourth-order valence-electron chi connectivity index (χ4n) is 3.05. The predicted molar refractivity (Wildman–Crippen MR) is 82.6 cm³/mol. The van der Waals surface area contributed by atoms with Crippen LogP contribution in [0.15, 0.2) is 0 Å². The molecule has 2 amide bonds. The van der Waals surface area contributed by atoms with E-state index in [1.165, 1.54) is 19.3 Å². The van der Waals surface area contributed by atoms with Gasteiger partial charge in [0.1, 0.15) is 0 Å². The first kappa shape index (κ1) is 16.5. The van der Waals surface area contributed by atoms with Crippen molar-refractivity contribution in [2.24, 2.45) is 0 Å². The molecule has 0 aromatic rings. The summed E-state index contributed by atoms with van der Waals surface area (Å²) in [7, 11) is -3.15. The Balaban J connectivity index is 1.74. The van der Waals surface area contributed by atoms with Gasteiger partial charge in [0, 0.05) is 25.2 Å². The van der Waals surface area contributed by atoms with Gasteiger partial charge in [-0.3, -0.25) is 0 Å². The van der Waals surface area contributed by atoms with Crippen molar-refractivity contribution in [3.05, 3.63) is 0 Å². The minimum absolute atomic E-state index is 0.0127. The number of sulfonamides is 1. The number of likely N-dealkylation sites (tertiary alicyclic amines) is 1. The Labute approximate surface area is 127 Å². The van der Waals surface area contributed by atoms with E-state index in [0.29, 0.717) is 32.0 Å². The van der Waals surface area contributed by atoms with Crippen molar-refractivity contribution in [2.45, 2.75) is 64.0 Å². The number of nitrogens with zero attached hydrogens (tertiary/aromatic N) is 1. The SMILES string of the molecule is CCS(=O)(=O)NC1CCN(C(=O)NC2CCCCC2)CC1. The van der Waals surface area contributed by atoms with E-state index in [1.54, 1.807) is 6.92 Å². The first-order valence-corrected chi connectivity index (χ1v) is 9.71. The lowest BCUT2D eigenvalue weighted by molar-refractivity contribution is 0.173. The molecule has 0 aromatic carbocycles. The van der Waals surface area contributed by atoms with Crippen molar-refractivity contribution in [2.75, 3.05) is 18.8 Å². The molecule has 122 valence electrons. The summed E-state index contributed by atoms with van der Waals surface area (Å²) in [6.07, 6.45) is 7.22. The number of hydrogen-bond acceptors (Lipinski definition) is 3. The fourth-order valence-corrected chi connectivity index (χ4v) is 3.96. The normalized spacial score (nSPS) is 22.2. The van der Waals surface area contributed by atoms with Gasteiger partial charge in [0.25, 0.3) is 0 Å². The van der Waals surface area contributed by atoms with Crippen LogP contribution >= 0.6 is 0 Å². The van der Waals surface area contributed by atoms with Gasteiger partial charge in [-0.05, 0) is 32.6 Å². The third-order valence-corrected chi connectivity index (χ3v) is 5.89. The lowest BCUT2D eigenvalue weighted by Gasteiger charge is -2.34. The van der Waals surface area contributed by atoms with Crippen molar-refractivity contribution in [3.63, 3.8) is 0 Å². The molecule has 2 rings (SSSR count). The van der Waals surface area contributed by atoms with E-state index in [9.17, 15) is 13.2 Å². The number of carbonyl (C=O) groups is 1. The van der Waals surface area contributed by atoms with E-state index < -0.39 is 10.0 Å². The average molecular weight is 317 g/mol. The summed E-state index contributed by atoms with van der Waals surface area (Å²) in [5.41, 5.74) is 0. The molecule has 0 aromatic heterocycles. The summed E-state index contributed by atoms with van der Waals surface area (Å²) in [6.45, 7) is 2.87. The maximum absolute atomic E-state index is 12.2. The summed E-state index contributed by atoms with van der Waals surface area (Å²) in [5.74, 6) is 0.107. The molecule has 2 N–H and O–H groups in total. The molecular formula is C14H27N3O3S. The molecule has 0 radical (unpaired) electrons. The highest BCUT2D eigenvalue weighted by atomic mass is 32.2. The third-order valence-electron chi connectivity index (χ3n) is 4.44. The number of rotatable bonds is 4. The first-order valence-electron chi connectivity index (χ1n) is 8.05. The van der Waals surface area contributed by atoms with Crippen molar-refractivity contribution >= 4 is 16.1 Å². The van der Waals surface area contributed by atoms with Gasteiger partial charge in [-0.25, -0.2) is 17.9 Å². The lowest BCUT2D eigenvalue weighted by Crippen LogP contribution is -2.51. The smallest absolute Gasteiger partial charge is 0.317 e. The van der Waals surface area contributed by atoms with Gasteiger partial charge in [0.15, 0.2) is 0 Å². The minimum Gasteiger partial charge on any atom is -0.335 e. The molecule has 1 heterocycles. The molecule has 2 fully saturated rings. The number of nitrogens with one attached hydrogen (secondary N) is 2. The highest BCUT2D eigenvalue weighted by Gasteiger charge is 2.26. The molecule has 0 atom stereocenters. The molecule has 1 saturated heterocycles. The molecule has 0 bridgehead atoms. The van der Waals surface area contributed by atoms with Crippen LogP contribution in [0.3, 0.4) is 0 Å². The van der Waals surface area contributed by atoms with Crippen LogP contribution in [0, 0.1) is 0 Å². The zero-order valence-corrected chi connectivity index (χ0v) is 13.6. The van der Waals surface area contributed by atoms with Crippen molar-refractivity contribution in [1.29, 1.82) is 0 Å². The van der Waals surface area contributed by atoms with Crippen LogP contribution in [-0.4, -0.2) is 50.3 Å². The number of amides is 2. The second-order valence-corrected chi connectivity index (χ2v) is 8.11. The van der Waals surface area contributed by atoms with Gasteiger partial charge < -0.3 is 10.2 Å². The highest BCUT2D eigenvalue weighted by Crippen LogP contribution is 2.18. The van der Waals surface area contributed by atoms with Crippen molar-refractivity contribution in [1.82, 2.24) is 14.9 Å². The van der Waals surface area contributed by atoms with Crippen LogP contribution in [0.25, 0.3) is 0 Å². The van der Waals surface area contributed by atoms with E-state index in [2.05, 4.69) is 10.0 Å². The molecule has 2 aliphatic rings. The van der Waals surface area contributed by atoms with E-state index in [4.69, 9.17) is 0 Å². The van der Waals surface area contributed by atoms with E-state index in [0.717, 1.165) is 12.8 Å². The number of hydrogen-bond donors (Lipinski definition) is 2. The van der Waals surface area contributed by atoms with E-state index in [1.807, 2.05) is 4.90 Å². The fraction of sp³-hybridized carbons (Fsp3) is 0.929. The Bertz CT molecular complexity index is 438. The number of piperidine rings is 1. The summed E-state index contributed by atoms with van der Waals surface area (Å²) >= 11 is 0. The zero-order valence-electron chi connectivity index (χ0n) is 12.8. The quantitative estimate of drug-likeness (QED) is 0.823. The van der Waals surface area contributed by atoms with Crippen LogP contribution in [0.5, 0.6) is 0 Å². The topological polar surface area (TPSA) is 78.5 Å². The summed E-state index contributed by atoms with van der Waals surface area (Å²) in [5, 5.41) is 3.11. The number of carbonyl (C=O) groups excluding carboxylic acids is 1. The second-order valence-electron chi connectivity index (χ2n) is 6.07. The summed E-state index contributed by atoms with van der Waals surface area (Å²) in [6, 6.07) is 0.301. The summed E-state index contributed by atoms with van der Waals surface area (Å²) < 4.78 is 25.8. The molecule has 1 aliphatic carbocycles.